The van der Waals surface area contributed by atoms with Crippen LogP contribution in [0.5, 0.6) is 0 Å². The van der Waals surface area contributed by atoms with Crippen molar-refractivity contribution in [3.05, 3.63) is 94.6 Å². The van der Waals surface area contributed by atoms with Gasteiger partial charge in [0.05, 0.1) is 22.4 Å². The van der Waals surface area contributed by atoms with Crippen LogP contribution in [0.4, 0.5) is 0 Å². The quantitative estimate of drug-likeness (QED) is 0.462. The number of halogens is 1. The van der Waals surface area contributed by atoms with E-state index in [1.165, 1.54) is 5.56 Å². The Kier molecular flexibility index (Phi) is 4.09. The third-order valence-corrected chi connectivity index (χ3v) is 4.45. The number of rotatable bonds is 3. The van der Waals surface area contributed by atoms with E-state index in [1.807, 2.05) is 42.5 Å². The Morgan fingerprint density at radius 1 is 0.708 bits per heavy atom. The number of nitrogens with zero attached hydrogens (tertiary/aromatic N) is 2. The Morgan fingerprint density at radius 2 is 1.42 bits per heavy atom. The fraction of sp³-hybridized carbons (Fsp3) is 0.0476. The monoisotopic (exact) mass is 374 g/mol. The summed E-state index contributed by atoms with van der Waals surface area (Å²) in [4.78, 5) is 9.81. The number of hydrogen-bond acceptors (Lipinski definition) is 2. The lowest BCUT2D eigenvalue weighted by Gasteiger charge is -2.10. The van der Waals surface area contributed by atoms with Crippen LogP contribution in [-0.4, -0.2) is 9.97 Å². The molecule has 3 aromatic carbocycles. The van der Waals surface area contributed by atoms with Gasteiger partial charge in [-0.25, -0.2) is 9.97 Å². The van der Waals surface area contributed by atoms with E-state index in [0.29, 0.717) is 0 Å². The first-order chi connectivity index (χ1) is 11.8. The average molecular weight is 375 g/mol. The molecule has 0 bridgehead atoms. The van der Waals surface area contributed by atoms with Gasteiger partial charge in [-0.05, 0) is 23.8 Å². The molecular weight excluding hydrogens is 360 g/mol. The van der Waals surface area contributed by atoms with Crippen molar-refractivity contribution in [2.24, 2.45) is 0 Å². The van der Waals surface area contributed by atoms with Crippen molar-refractivity contribution in [2.75, 3.05) is 0 Å². The molecule has 2 nitrogen and oxygen atoms in total. The van der Waals surface area contributed by atoms with Gasteiger partial charge in [0.1, 0.15) is 0 Å². The average Bonchev–Trinajstić information content (AvgIpc) is 2.63. The highest BCUT2D eigenvalue weighted by Crippen LogP contribution is 2.26. The molecule has 0 radical (unpaired) electrons. The third kappa shape index (κ3) is 3.08. The summed E-state index contributed by atoms with van der Waals surface area (Å²) in [6.07, 6.45) is 0.768. The predicted molar refractivity (Wildman–Crippen MR) is 102 cm³/mol. The molecule has 24 heavy (non-hydrogen) atoms. The number of aromatic nitrogens is 2. The van der Waals surface area contributed by atoms with Crippen molar-refractivity contribution in [3.8, 4) is 11.3 Å². The molecule has 3 heteroatoms. The van der Waals surface area contributed by atoms with Crippen LogP contribution in [0, 0.1) is 0 Å². The van der Waals surface area contributed by atoms with Gasteiger partial charge >= 0.3 is 0 Å². The number of fused-ring (bicyclic) bond motifs is 1. The van der Waals surface area contributed by atoms with Crippen molar-refractivity contribution in [1.82, 2.24) is 9.97 Å². The second-order valence-electron chi connectivity index (χ2n) is 5.68. The molecule has 4 aromatic rings. The largest absolute Gasteiger partial charge is 0.249 e. The maximum atomic E-state index is 4.91. The van der Waals surface area contributed by atoms with E-state index in [2.05, 4.69) is 52.3 Å². The minimum absolute atomic E-state index is 0.768. The van der Waals surface area contributed by atoms with Gasteiger partial charge in [0.2, 0.25) is 0 Å². The minimum Gasteiger partial charge on any atom is -0.249 e. The van der Waals surface area contributed by atoms with Crippen LogP contribution >= 0.6 is 15.9 Å². The second-order valence-corrected chi connectivity index (χ2v) is 6.60. The lowest BCUT2D eigenvalue weighted by atomic mass is 10.0. The molecule has 0 N–H and O–H groups in total. The molecule has 0 saturated carbocycles. The third-order valence-electron chi connectivity index (χ3n) is 3.96. The number of hydrogen-bond donors (Lipinski definition) is 0. The summed E-state index contributed by atoms with van der Waals surface area (Å²) in [6.45, 7) is 0. The smallest absolute Gasteiger partial charge is 0.0928 e. The summed E-state index contributed by atoms with van der Waals surface area (Å²) in [5.74, 6) is 0. The van der Waals surface area contributed by atoms with E-state index in [0.717, 1.165) is 38.9 Å². The normalized spacial score (nSPS) is 10.9. The lowest BCUT2D eigenvalue weighted by Crippen LogP contribution is -2.00. The predicted octanol–water partition coefficient (Wildman–Crippen LogP) is 5.65. The Bertz CT molecular complexity index is 983. The second kappa shape index (κ2) is 6.54. The van der Waals surface area contributed by atoms with Crippen LogP contribution in [0.2, 0.25) is 0 Å². The van der Waals surface area contributed by atoms with E-state index < -0.39 is 0 Å². The SMILES string of the molecule is Brc1ccc2nc(Cc3ccccc3)c(-c3ccccc3)nc2c1. The van der Waals surface area contributed by atoms with Gasteiger partial charge < -0.3 is 0 Å². The van der Waals surface area contributed by atoms with E-state index in [1.54, 1.807) is 0 Å². The van der Waals surface area contributed by atoms with E-state index in [-0.39, 0.29) is 0 Å². The molecule has 1 heterocycles. The van der Waals surface area contributed by atoms with Crippen LogP contribution in [0.1, 0.15) is 11.3 Å². The molecule has 0 spiro atoms. The first-order valence-electron chi connectivity index (χ1n) is 7.85. The molecule has 0 atom stereocenters. The maximum absolute atomic E-state index is 4.91. The lowest BCUT2D eigenvalue weighted by molar-refractivity contribution is 1.07. The molecule has 116 valence electrons. The highest BCUT2D eigenvalue weighted by molar-refractivity contribution is 9.10. The summed E-state index contributed by atoms with van der Waals surface area (Å²) in [5.41, 5.74) is 6.11. The summed E-state index contributed by atoms with van der Waals surface area (Å²) in [7, 11) is 0. The summed E-state index contributed by atoms with van der Waals surface area (Å²) >= 11 is 3.52. The van der Waals surface area contributed by atoms with Gasteiger partial charge in [-0.3, -0.25) is 0 Å². The fourth-order valence-electron chi connectivity index (χ4n) is 2.80. The van der Waals surface area contributed by atoms with Gasteiger partial charge in [-0.1, -0.05) is 76.6 Å². The molecule has 4 rings (SSSR count). The summed E-state index contributed by atoms with van der Waals surface area (Å²) in [6, 6.07) is 26.7. The summed E-state index contributed by atoms with van der Waals surface area (Å²) < 4.78 is 1.01. The van der Waals surface area contributed by atoms with Gasteiger partial charge in [-0.15, -0.1) is 0 Å². The van der Waals surface area contributed by atoms with Crippen molar-refractivity contribution < 1.29 is 0 Å². The van der Waals surface area contributed by atoms with Gasteiger partial charge in [0.25, 0.3) is 0 Å². The standard InChI is InChI=1S/C21H15BrN2/c22-17-11-12-18-19(14-17)24-21(16-9-5-2-6-10-16)20(23-18)13-15-7-3-1-4-8-15/h1-12,14H,13H2. The number of benzene rings is 3. The Hall–Kier alpha value is -2.52. The van der Waals surface area contributed by atoms with Crippen LogP contribution in [0.25, 0.3) is 22.3 Å². The molecule has 0 aliphatic heterocycles. The molecule has 0 aliphatic carbocycles. The van der Waals surface area contributed by atoms with Crippen LogP contribution in [0.3, 0.4) is 0 Å². The van der Waals surface area contributed by atoms with Crippen molar-refractivity contribution in [3.63, 3.8) is 0 Å². The molecule has 0 fully saturated rings. The molecule has 0 unspecified atom stereocenters. The highest BCUT2D eigenvalue weighted by atomic mass is 79.9. The Balaban J connectivity index is 1.90. The van der Waals surface area contributed by atoms with E-state index >= 15 is 0 Å². The van der Waals surface area contributed by atoms with Crippen molar-refractivity contribution >= 4 is 27.0 Å². The zero-order valence-electron chi connectivity index (χ0n) is 13.0. The fourth-order valence-corrected chi connectivity index (χ4v) is 3.15. The van der Waals surface area contributed by atoms with E-state index in [9.17, 15) is 0 Å². The van der Waals surface area contributed by atoms with Crippen LogP contribution < -0.4 is 0 Å². The van der Waals surface area contributed by atoms with Crippen molar-refractivity contribution in [2.45, 2.75) is 6.42 Å². The molecule has 0 amide bonds. The first-order valence-corrected chi connectivity index (χ1v) is 8.64. The Morgan fingerprint density at radius 3 is 2.17 bits per heavy atom. The molecular formula is C21H15BrN2. The molecule has 0 saturated heterocycles. The zero-order valence-corrected chi connectivity index (χ0v) is 14.6. The Labute approximate surface area is 149 Å². The van der Waals surface area contributed by atoms with Crippen LogP contribution in [0.15, 0.2) is 83.3 Å². The minimum atomic E-state index is 0.768. The van der Waals surface area contributed by atoms with Gasteiger partial charge in [-0.2, -0.15) is 0 Å². The van der Waals surface area contributed by atoms with Gasteiger partial charge in [0.15, 0.2) is 0 Å². The highest BCUT2D eigenvalue weighted by Gasteiger charge is 2.12. The van der Waals surface area contributed by atoms with Gasteiger partial charge in [0, 0.05) is 16.5 Å². The molecule has 1 aromatic heterocycles. The van der Waals surface area contributed by atoms with E-state index in [4.69, 9.17) is 9.97 Å². The van der Waals surface area contributed by atoms with Crippen LogP contribution in [-0.2, 0) is 6.42 Å². The summed E-state index contributed by atoms with van der Waals surface area (Å²) in [5, 5.41) is 0. The maximum Gasteiger partial charge on any atom is 0.0928 e. The topological polar surface area (TPSA) is 25.8 Å². The zero-order chi connectivity index (χ0) is 16.4. The van der Waals surface area contributed by atoms with Crippen molar-refractivity contribution in [1.29, 1.82) is 0 Å². The molecule has 0 aliphatic rings. The first kappa shape index (κ1) is 15.0.